The van der Waals surface area contributed by atoms with Gasteiger partial charge in [0.1, 0.15) is 22.3 Å². The van der Waals surface area contributed by atoms with Crippen LogP contribution in [0.25, 0.3) is 66.1 Å². The summed E-state index contributed by atoms with van der Waals surface area (Å²) in [5, 5.41) is 4.62. The average molecular weight is 424 g/mol. The predicted octanol–water partition coefficient (Wildman–Crippen LogP) is 9.13. The molecule has 0 unspecified atom stereocenters. The Kier molecular flexibility index (Phi) is 3.80. The summed E-state index contributed by atoms with van der Waals surface area (Å²) in [6.45, 7) is 2.12. The van der Waals surface area contributed by atoms with Gasteiger partial charge in [-0.05, 0) is 77.7 Å². The normalized spacial score (nSPS) is 11.8. The van der Waals surface area contributed by atoms with E-state index in [4.69, 9.17) is 8.83 Å². The van der Waals surface area contributed by atoms with Crippen LogP contribution in [-0.4, -0.2) is 0 Å². The first-order valence-electron chi connectivity index (χ1n) is 11.2. The minimum Gasteiger partial charge on any atom is -0.456 e. The maximum absolute atomic E-state index is 6.05. The fraction of sp³-hybridized carbons (Fsp3) is 0.0323. The molecule has 0 N–H and O–H groups in total. The summed E-state index contributed by atoms with van der Waals surface area (Å²) in [5.41, 5.74) is 9.68. The van der Waals surface area contributed by atoms with Crippen LogP contribution in [0.4, 0.5) is 0 Å². The van der Waals surface area contributed by atoms with Crippen LogP contribution in [0.1, 0.15) is 5.56 Å². The number of aryl methyl sites for hydroxylation is 1. The molecule has 0 amide bonds. The quantitative estimate of drug-likeness (QED) is 0.276. The van der Waals surface area contributed by atoms with E-state index in [2.05, 4.69) is 97.9 Å². The van der Waals surface area contributed by atoms with Crippen LogP contribution in [0.2, 0.25) is 0 Å². The number of furan rings is 2. The van der Waals surface area contributed by atoms with Crippen molar-refractivity contribution in [3.63, 3.8) is 0 Å². The maximum Gasteiger partial charge on any atom is 0.135 e. The molecule has 0 fully saturated rings. The van der Waals surface area contributed by atoms with Gasteiger partial charge in [0, 0.05) is 21.5 Å². The van der Waals surface area contributed by atoms with Crippen molar-refractivity contribution < 1.29 is 8.83 Å². The summed E-state index contributed by atoms with van der Waals surface area (Å²) in [5.74, 6) is 0. The Morgan fingerprint density at radius 2 is 0.909 bits per heavy atom. The van der Waals surface area contributed by atoms with Crippen LogP contribution < -0.4 is 0 Å². The fourth-order valence-electron chi connectivity index (χ4n) is 4.85. The van der Waals surface area contributed by atoms with Gasteiger partial charge in [0.15, 0.2) is 0 Å². The Labute approximate surface area is 190 Å². The average Bonchev–Trinajstić information content (AvgIpc) is 3.41. The lowest BCUT2D eigenvalue weighted by molar-refractivity contribution is 0.668. The first kappa shape index (κ1) is 18.3. The van der Waals surface area contributed by atoms with Gasteiger partial charge in [-0.3, -0.25) is 0 Å². The van der Waals surface area contributed by atoms with Gasteiger partial charge in [0.25, 0.3) is 0 Å². The Morgan fingerprint density at radius 3 is 1.61 bits per heavy atom. The highest BCUT2D eigenvalue weighted by atomic mass is 16.3. The van der Waals surface area contributed by atoms with Gasteiger partial charge in [-0.15, -0.1) is 0 Å². The molecule has 0 spiro atoms. The molecule has 2 heterocycles. The van der Waals surface area contributed by atoms with Crippen molar-refractivity contribution in [2.45, 2.75) is 6.92 Å². The van der Waals surface area contributed by atoms with Crippen molar-refractivity contribution in [1.82, 2.24) is 0 Å². The lowest BCUT2D eigenvalue weighted by atomic mass is 9.97. The highest BCUT2D eigenvalue weighted by Crippen LogP contribution is 2.36. The summed E-state index contributed by atoms with van der Waals surface area (Å²) in [6, 6.07) is 36.2. The molecule has 2 aromatic heterocycles. The minimum absolute atomic E-state index is 0.920. The molecule has 33 heavy (non-hydrogen) atoms. The van der Waals surface area contributed by atoms with Gasteiger partial charge in [-0.25, -0.2) is 0 Å². The van der Waals surface area contributed by atoms with E-state index < -0.39 is 0 Å². The molecule has 156 valence electrons. The van der Waals surface area contributed by atoms with Crippen molar-refractivity contribution in [3.05, 3.63) is 109 Å². The van der Waals surface area contributed by atoms with Crippen molar-refractivity contribution in [2.24, 2.45) is 0 Å². The Bertz CT molecular complexity index is 1830. The Hall–Kier alpha value is -4.30. The van der Waals surface area contributed by atoms with E-state index in [1.54, 1.807) is 0 Å². The fourth-order valence-corrected chi connectivity index (χ4v) is 4.85. The Morgan fingerprint density at radius 1 is 0.394 bits per heavy atom. The molecule has 0 aliphatic carbocycles. The molecule has 0 bridgehead atoms. The molecule has 0 saturated carbocycles. The monoisotopic (exact) mass is 424 g/mol. The van der Waals surface area contributed by atoms with E-state index >= 15 is 0 Å². The number of fused-ring (bicyclic) bond motifs is 6. The molecule has 2 heteroatoms. The summed E-state index contributed by atoms with van der Waals surface area (Å²) in [4.78, 5) is 0. The van der Waals surface area contributed by atoms with Gasteiger partial charge in [0.05, 0.1) is 0 Å². The summed E-state index contributed by atoms with van der Waals surface area (Å²) in [7, 11) is 0. The number of hydrogen-bond donors (Lipinski definition) is 0. The summed E-state index contributed by atoms with van der Waals surface area (Å²) < 4.78 is 12.1. The van der Waals surface area contributed by atoms with Crippen molar-refractivity contribution in [1.29, 1.82) is 0 Å². The molecule has 7 rings (SSSR count). The lowest BCUT2D eigenvalue weighted by Crippen LogP contribution is -1.82. The molecule has 0 radical (unpaired) electrons. The summed E-state index contributed by atoms with van der Waals surface area (Å²) >= 11 is 0. The number of para-hydroxylation sites is 1. The van der Waals surface area contributed by atoms with E-state index in [1.807, 2.05) is 12.1 Å². The van der Waals surface area contributed by atoms with Gasteiger partial charge < -0.3 is 8.83 Å². The van der Waals surface area contributed by atoms with Gasteiger partial charge in [-0.1, -0.05) is 60.2 Å². The van der Waals surface area contributed by atoms with Gasteiger partial charge in [-0.2, -0.15) is 0 Å². The molecule has 0 aliphatic heterocycles. The Balaban J connectivity index is 1.36. The molecule has 2 nitrogen and oxygen atoms in total. The molecule has 0 atom stereocenters. The minimum atomic E-state index is 0.920. The van der Waals surface area contributed by atoms with Crippen molar-refractivity contribution in [3.8, 4) is 22.3 Å². The molecule has 0 saturated heterocycles. The van der Waals surface area contributed by atoms with Crippen LogP contribution in [0.3, 0.4) is 0 Å². The molecule has 0 aliphatic rings. The number of rotatable bonds is 2. The van der Waals surface area contributed by atoms with Crippen molar-refractivity contribution in [2.75, 3.05) is 0 Å². The second-order valence-electron chi connectivity index (χ2n) is 8.70. The smallest absolute Gasteiger partial charge is 0.135 e. The third-order valence-corrected chi connectivity index (χ3v) is 6.53. The van der Waals surface area contributed by atoms with E-state index in [-0.39, 0.29) is 0 Å². The van der Waals surface area contributed by atoms with Crippen LogP contribution in [0.15, 0.2) is 112 Å². The van der Waals surface area contributed by atoms with E-state index in [9.17, 15) is 0 Å². The van der Waals surface area contributed by atoms with Gasteiger partial charge >= 0.3 is 0 Å². The third kappa shape index (κ3) is 2.88. The molecule has 5 aromatic carbocycles. The number of hydrogen-bond acceptors (Lipinski definition) is 2. The lowest BCUT2D eigenvalue weighted by Gasteiger charge is -2.07. The first-order chi connectivity index (χ1) is 16.2. The highest BCUT2D eigenvalue weighted by molar-refractivity contribution is 6.07. The second kappa shape index (κ2) is 6.85. The standard InChI is InChI=1S/C31H20O2/c1-19-9-12-29-25(15-19)27-18-23(11-14-31(27)33-29)21-6-4-5-20(16-21)22-10-13-30-26(17-22)24-7-2-3-8-28(24)32-30/h2-18H,1H3. The first-order valence-corrected chi connectivity index (χ1v) is 11.2. The topological polar surface area (TPSA) is 26.3 Å². The van der Waals surface area contributed by atoms with Gasteiger partial charge in [0.2, 0.25) is 0 Å². The van der Waals surface area contributed by atoms with E-state index in [1.165, 1.54) is 33.2 Å². The van der Waals surface area contributed by atoms with Crippen LogP contribution in [0, 0.1) is 6.92 Å². The SMILES string of the molecule is Cc1ccc2oc3ccc(-c4cccc(-c5ccc6oc7ccccc7c6c5)c4)cc3c2c1. The van der Waals surface area contributed by atoms with Crippen LogP contribution >= 0.6 is 0 Å². The molecular weight excluding hydrogens is 404 g/mol. The molecule has 7 aromatic rings. The van der Waals surface area contributed by atoms with Crippen LogP contribution in [-0.2, 0) is 0 Å². The van der Waals surface area contributed by atoms with E-state index in [0.717, 1.165) is 38.5 Å². The summed E-state index contributed by atoms with van der Waals surface area (Å²) in [6.07, 6.45) is 0. The predicted molar refractivity (Wildman–Crippen MR) is 137 cm³/mol. The maximum atomic E-state index is 6.05. The van der Waals surface area contributed by atoms with Crippen molar-refractivity contribution >= 4 is 43.9 Å². The largest absolute Gasteiger partial charge is 0.456 e. The zero-order valence-corrected chi connectivity index (χ0v) is 18.1. The van der Waals surface area contributed by atoms with Crippen LogP contribution in [0.5, 0.6) is 0 Å². The third-order valence-electron chi connectivity index (χ3n) is 6.53. The zero-order chi connectivity index (χ0) is 21.9. The second-order valence-corrected chi connectivity index (χ2v) is 8.70. The molecular formula is C31H20O2. The highest BCUT2D eigenvalue weighted by Gasteiger charge is 2.11. The number of benzene rings is 5. The van der Waals surface area contributed by atoms with E-state index in [0.29, 0.717) is 0 Å². The zero-order valence-electron chi connectivity index (χ0n) is 18.1.